The molecule has 0 saturated heterocycles. The van der Waals surface area contributed by atoms with Crippen LogP contribution in [0.5, 0.6) is 11.5 Å². The molecule has 27 heavy (non-hydrogen) atoms. The van der Waals surface area contributed by atoms with Crippen molar-refractivity contribution < 1.29 is 23.0 Å². The molecule has 3 rings (SSSR count). The first-order valence-electron chi connectivity index (χ1n) is 7.78. The lowest BCUT2D eigenvalue weighted by Gasteiger charge is -2.05. The number of hydrogen-bond acceptors (Lipinski definition) is 4. The SMILES string of the molecule is C#CCn1c(=NC(=O)COc2cccc(OC)c2)sc2cc(F)cc(F)c21. The molecule has 0 atom stereocenters. The molecule has 0 spiro atoms. The van der Waals surface area contributed by atoms with E-state index in [9.17, 15) is 13.6 Å². The maximum Gasteiger partial charge on any atom is 0.286 e. The molecule has 0 bridgehead atoms. The van der Waals surface area contributed by atoms with E-state index in [1.165, 1.54) is 17.7 Å². The molecule has 0 aliphatic carbocycles. The second-order valence-corrected chi connectivity index (χ2v) is 6.39. The summed E-state index contributed by atoms with van der Waals surface area (Å²) < 4.78 is 39.7. The highest BCUT2D eigenvalue weighted by Gasteiger charge is 2.13. The first kappa shape index (κ1) is 18.6. The monoisotopic (exact) mass is 388 g/mol. The molecule has 3 aromatic rings. The van der Waals surface area contributed by atoms with E-state index in [1.807, 2.05) is 0 Å². The quantitative estimate of drug-likeness (QED) is 0.631. The van der Waals surface area contributed by atoms with Crippen LogP contribution in [-0.4, -0.2) is 24.2 Å². The first-order chi connectivity index (χ1) is 13.0. The summed E-state index contributed by atoms with van der Waals surface area (Å²) in [6, 6.07) is 8.70. The van der Waals surface area contributed by atoms with Gasteiger partial charge in [-0.05, 0) is 18.2 Å². The smallest absolute Gasteiger partial charge is 0.286 e. The summed E-state index contributed by atoms with van der Waals surface area (Å²) in [7, 11) is 1.52. The second kappa shape index (κ2) is 8.01. The van der Waals surface area contributed by atoms with Crippen molar-refractivity contribution in [1.82, 2.24) is 4.57 Å². The Morgan fingerprint density at radius 3 is 2.81 bits per heavy atom. The number of ether oxygens (including phenoxy) is 2. The molecule has 0 radical (unpaired) electrons. The number of carbonyl (C=O) groups is 1. The number of methoxy groups -OCH3 is 1. The molecule has 1 aromatic heterocycles. The molecular weight excluding hydrogens is 374 g/mol. The van der Waals surface area contributed by atoms with Crippen LogP contribution in [0, 0.1) is 24.0 Å². The van der Waals surface area contributed by atoms with Crippen molar-refractivity contribution in [2.75, 3.05) is 13.7 Å². The maximum atomic E-state index is 14.1. The molecule has 0 unspecified atom stereocenters. The molecular formula is C19H14F2N2O3S. The Kier molecular flexibility index (Phi) is 5.52. The zero-order valence-corrected chi connectivity index (χ0v) is 15.1. The van der Waals surface area contributed by atoms with Crippen molar-refractivity contribution in [3.05, 3.63) is 52.8 Å². The number of benzene rings is 2. The lowest BCUT2D eigenvalue weighted by atomic mass is 10.3. The summed E-state index contributed by atoms with van der Waals surface area (Å²) in [5.41, 5.74) is 0.111. The Morgan fingerprint density at radius 1 is 1.30 bits per heavy atom. The molecule has 0 aliphatic heterocycles. The highest BCUT2D eigenvalue weighted by molar-refractivity contribution is 7.16. The van der Waals surface area contributed by atoms with Gasteiger partial charge in [0.05, 0.1) is 23.9 Å². The first-order valence-corrected chi connectivity index (χ1v) is 8.59. The molecule has 5 nitrogen and oxygen atoms in total. The summed E-state index contributed by atoms with van der Waals surface area (Å²) in [4.78, 5) is 16.3. The molecule has 1 heterocycles. The van der Waals surface area contributed by atoms with E-state index >= 15 is 0 Å². The normalized spacial score (nSPS) is 11.4. The third kappa shape index (κ3) is 4.15. The number of nitrogens with zero attached hydrogens (tertiary/aromatic N) is 2. The Labute approximate surface area is 157 Å². The van der Waals surface area contributed by atoms with E-state index in [2.05, 4.69) is 10.9 Å². The van der Waals surface area contributed by atoms with Gasteiger partial charge in [-0.2, -0.15) is 4.99 Å². The van der Waals surface area contributed by atoms with Crippen LogP contribution in [0.2, 0.25) is 0 Å². The predicted octanol–water partition coefficient (Wildman–Crippen LogP) is 3.13. The molecule has 0 fully saturated rings. The zero-order chi connectivity index (χ0) is 19.4. The van der Waals surface area contributed by atoms with Crippen LogP contribution in [0.3, 0.4) is 0 Å². The summed E-state index contributed by atoms with van der Waals surface area (Å²) in [5.74, 6) is 1.35. The van der Waals surface area contributed by atoms with Crippen LogP contribution >= 0.6 is 11.3 Å². The zero-order valence-electron chi connectivity index (χ0n) is 14.2. The highest BCUT2D eigenvalue weighted by Crippen LogP contribution is 2.22. The van der Waals surface area contributed by atoms with E-state index in [4.69, 9.17) is 15.9 Å². The summed E-state index contributed by atoms with van der Waals surface area (Å²) in [6.45, 7) is -0.334. The third-order valence-corrected chi connectivity index (χ3v) is 4.59. The van der Waals surface area contributed by atoms with Crippen LogP contribution in [0.4, 0.5) is 8.78 Å². The summed E-state index contributed by atoms with van der Waals surface area (Å²) in [6.07, 6.45) is 5.33. The number of fused-ring (bicyclic) bond motifs is 1. The van der Waals surface area contributed by atoms with E-state index in [0.717, 1.165) is 17.4 Å². The van der Waals surface area contributed by atoms with Gasteiger partial charge < -0.3 is 14.0 Å². The number of amides is 1. The van der Waals surface area contributed by atoms with Crippen molar-refractivity contribution in [3.8, 4) is 23.8 Å². The number of thiazole rings is 1. The highest BCUT2D eigenvalue weighted by atomic mass is 32.1. The standard InChI is InChI=1S/C19H14F2N2O3S/c1-3-7-23-18-15(21)8-12(20)9-16(18)27-19(23)22-17(24)11-26-14-6-4-5-13(10-14)25-2/h1,4-6,8-10H,7,11H2,2H3. The lowest BCUT2D eigenvalue weighted by molar-refractivity contribution is -0.120. The van der Waals surface area contributed by atoms with Crippen molar-refractivity contribution >= 4 is 27.5 Å². The fraction of sp³-hybridized carbons (Fsp3) is 0.158. The number of terminal acetylenes is 1. The number of hydrogen-bond donors (Lipinski definition) is 0. The Bertz CT molecular complexity index is 1110. The van der Waals surface area contributed by atoms with Gasteiger partial charge in [0, 0.05) is 12.1 Å². The Morgan fingerprint density at radius 2 is 2.07 bits per heavy atom. The Hall–Kier alpha value is -3.18. The molecule has 0 N–H and O–H groups in total. The Balaban J connectivity index is 1.90. The van der Waals surface area contributed by atoms with Gasteiger partial charge >= 0.3 is 0 Å². The van der Waals surface area contributed by atoms with Crippen LogP contribution in [0.25, 0.3) is 10.2 Å². The van der Waals surface area contributed by atoms with E-state index in [-0.39, 0.29) is 23.5 Å². The molecule has 1 amide bonds. The minimum absolute atomic E-state index is 0.00852. The van der Waals surface area contributed by atoms with E-state index < -0.39 is 17.5 Å². The van der Waals surface area contributed by atoms with Crippen molar-refractivity contribution in [1.29, 1.82) is 0 Å². The molecule has 0 saturated carbocycles. The van der Waals surface area contributed by atoms with Crippen LogP contribution in [0.1, 0.15) is 0 Å². The van der Waals surface area contributed by atoms with Gasteiger partial charge in [-0.1, -0.05) is 23.3 Å². The van der Waals surface area contributed by atoms with Crippen LogP contribution in [-0.2, 0) is 11.3 Å². The molecule has 0 aliphatic rings. The number of rotatable bonds is 5. The fourth-order valence-electron chi connectivity index (χ4n) is 2.43. The number of halogens is 2. The maximum absolute atomic E-state index is 14.1. The van der Waals surface area contributed by atoms with E-state index in [0.29, 0.717) is 16.2 Å². The minimum atomic E-state index is -0.766. The average Bonchev–Trinajstić information content (AvgIpc) is 2.97. The van der Waals surface area contributed by atoms with Crippen molar-refractivity contribution in [2.24, 2.45) is 4.99 Å². The van der Waals surface area contributed by atoms with Gasteiger partial charge in [0.15, 0.2) is 17.2 Å². The van der Waals surface area contributed by atoms with Gasteiger partial charge in [0.25, 0.3) is 5.91 Å². The number of carbonyl (C=O) groups excluding carboxylic acids is 1. The van der Waals surface area contributed by atoms with Gasteiger partial charge in [0.2, 0.25) is 0 Å². The van der Waals surface area contributed by atoms with E-state index in [1.54, 1.807) is 24.3 Å². The predicted molar refractivity (Wildman–Crippen MR) is 97.6 cm³/mol. The molecule has 8 heteroatoms. The van der Waals surface area contributed by atoms with Gasteiger partial charge in [0.1, 0.15) is 17.3 Å². The third-order valence-electron chi connectivity index (χ3n) is 3.57. The average molecular weight is 388 g/mol. The lowest BCUT2D eigenvalue weighted by Crippen LogP contribution is -2.19. The van der Waals surface area contributed by atoms with Gasteiger partial charge in [-0.25, -0.2) is 8.78 Å². The summed E-state index contributed by atoms with van der Waals surface area (Å²) in [5, 5.41) is 0. The van der Waals surface area contributed by atoms with Crippen molar-refractivity contribution in [2.45, 2.75) is 6.54 Å². The fourth-order valence-corrected chi connectivity index (χ4v) is 3.51. The van der Waals surface area contributed by atoms with Crippen LogP contribution in [0.15, 0.2) is 41.4 Å². The molecule has 2 aromatic carbocycles. The van der Waals surface area contributed by atoms with Crippen molar-refractivity contribution in [3.63, 3.8) is 0 Å². The summed E-state index contributed by atoms with van der Waals surface area (Å²) >= 11 is 0.973. The second-order valence-electron chi connectivity index (χ2n) is 5.38. The van der Waals surface area contributed by atoms with Gasteiger partial charge in [-0.3, -0.25) is 4.79 Å². The molecule has 138 valence electrons. The topological polar surface area (TPSA) is 52.8 Å². The van der Waals surface area contributed by atoms with Crippen LogP contribution < -0.4 is 14.3 Å². The van der Waals surface area contributed by atoms with Gasteiger partial charge in [-0.15, -0.1) is 6.42 Å². The number of aromatic nitrogens is 1. The largest absolute Gasteiger partial charge is 0.497 e. The minimum Gasteiger partial charge on any atom is -0.497 e.